The molecule has 1 aromatic rings. The smallest absolute Gasteiger partial charge is 0.241 e. The molecule has 3 N–H and O–H groups in total. The number of amides is 1. The van der Waals surface area contributed by atoms with Gasteiger partial charge < -0.3 is 11.1 Å². The van der Waals surface area contributed by atoms with Gasteiger partial charge in [-0.1, -0.05) is 18.2 Å². The summed E-state index contributed by atoms with van der Waals surface area (Å²) in [4.78, 5) is 11.1. The number of nitrogens with one attached hydrogen (secondary N) is 1. The van der Waals surface area contributed by atoms with Crippen molar-refractivity contribution in [3.05, 3.63) is 30.3 Å². The van der Waals surface area contributed by atoms with Crippen molar-refractivity contribution in [3.63, 3.8) is 0 Å². The molecule has 1 atom stereocenters. The van der Waals surface area contributed by atoms with E-state index in [1.165, 1.54) is 0 Å². The van der Waals surface area contributed by atoms with Crippen LogP contribution in [0.1, 0.15) is 6.92 Å². The molecule has 0 fully saturated rings. The van der Waals surface area contributed by atoms with Gasteiger partial charge in [0.2, 0.25) is 5.91 Å². The Balaban J connectivity index is 2.59. The van der Waals surface area contributed by atoms with Crippen molar-refractivity contribution in [2.45, 2.75) is 13.0 Å². The minimum absolute atomic E-state index is 0.197. The topological polar surface area (TPSA) is 55.1 Å². The molecule has 1 radical (unpaired) electrons. The van der Waals surface area contributed by atoms with Crippen LogP contribution >= 0.6 is 0 Å². The zero-order chi connectivity index (χ0) is 8.97. The zero-order valence-electron chi connectivity index (χ0n) is 6.87. The van der Waals surface area contributed by atoms with Crippen LogP contribution in [0.5, 0.6) is 0 Å². The maximum atomic E-state index is 11.1. The van der Waals surface area contributed by atoms with Gasteiger partial charge in [-0.2, -0.15) is 0 Å². The fourth-order valence-corrected chi connectivity index (χ4v) is 0.718. The van der Waals surface area contributed by atoms with Gasteiger partial charge in [0.25, 0.3) is 0 Å². The Morgan fingerprint density at radius 3 is 2.92 bits per heavy atom. The zero-order valence-corrected chi connectivity index (χ0v) is 6.87. The Morgan fingerprint density at radius 2 is 2.42 bits per heavy atom. The van der Waals surface area contributed by atoms with E-state index in [2.05, 4.69) is 11.4 Å². The average molecular weight is 163 g/mol. The molecule has 0 saturated heterocycles. The average Bonchev–Trinajstić information content (AvgIpc) is 2.06. The number of benzene rings is 1. The predicted octanol–water partition coefficient (Wildman–Crippen LogP) is 0.772. The highest BCUT2D eigenvalue weighted by Crippen LogP contribution is 2.03. The van der Waals surface area contributed by atoms with Crippen LogP contribution in [0.3, 0.4) is 0 Å². The summed E-state index contributed by atoms with van der Waals surface area (Å²) >= 11 is 0. The third kappa shape index (κ3) is 2.36. The van der Waals surface area contributed by atoms with Crippen LogP contribution in [0.25, 0.3) is 0 Å². The third-order valence-electron chi connectivity index (χ3n) is 1.38. The molecule has 63 valence electrons. The number of para-hydroxylation sites is 1. The van der Waals surface area contributed by atoms with E-state index in [1.54, 1.807) is 19.1 Å². The van der Waals surface area contributed by atoms with Crippen LogP contribution in [0.15, 0.2) is 24.3 Å². The first-order valence-electron chi connectivity index (χ1n) is 3.73. The van der Waals surface area contributed by atoms with Crippen molar-refractivity contribution >= 4 is 11.6 Å². The van der Waals surface area contributed by atoms with Crippen molar-refractivity contribution < 1.29 is 4.79 Å². The van der Waals surface area contributed by atoms with E-state index in [0.29, 0.717) is 5.69 Å². The molecule has 12 heavy (non-hydrogen) atoms. The molecule has 1 amide bonds. The quantitative estimate of drug-likeness (QED) is 0.676. The van der Waals surface area contributed by atoms with Crippen LogP contribution in [0.4, 0.5) is 5.69 Å². The Morgan fingerprint density at radius 1 is 1.67 bits per heavy atom. The number of anilines is 1. The fourth-order valence-electron chi connectivity index (χ4n) is 0.718. The van der Waals surface area contributed by atoms with Crippen molar-refractivity contribution in [3.8, 4) is 0 Å². The minimum atomic E-state index is -0.487. The SMILES string of the molecule is CC(N)C(=O)Nc1[c]cccc1. The highest BCUT2D eigenvalue weighted by molar-refractivity contribution is 5.94. The molecule has 3 heteroatoms. The molecule has 1 aromatic carbocycles. The van der Waals surface area contributed by atoms with Gasteiger partial charge in [-0.3, -0.25) is 4.79 Å². The standard InChI is InChI=1S/C9H11N2O/c1-7(10)9(12)11-8-5-3-2-4-6-8/h2-5,7H,10H2,1H3,(H,11,12). The molecule has 0 aliphatic carbocycles. The number of nitrogens with two attached hydrogens (primary N) is 1. The van der Waals surface area contributed by atoms with E-state index in [9.17, 15) is 4.79 Å². The summed E-state index contributed by atoms with van der Waals surface area (Å²) in [7, 11) is 0. The number of hydrogen-bond acceptors (Lipinski definition) is 2. The summed E-state index contributed by atoms with van der Waals surface area (Å²) < 4.78 is 0. The monoisotopic (exact) mass is 163 g/mol. The molecule has 3 nitrogen and oxygen atoms in total. The molecule has 0 spiro atoms. The van der Waals surface area contributed by atoms with E-state index in [1.807, 2.05) is 12.1 Å². The van der Waals surface area contributed by atoms with Crippen molar-refractivity contribution in [1.82, 2.24) is 0 Å². The van der Waals surface area contributed by atoms with Crippen LogP contribution in [-0.2, 0) is 4.79 Å². The lowest BCUT2D eigenvalue weighted by atomic mass is 10.3. The molecular weight excluding hydrogens is 152 g/mol. The van der Waals surface area contributed by atoms with Crippen LogP contribution in [-0.4, -0.2) is 11.9 Å². The highest BCUT2D eigenvalue weighted by atomic mass is 16.2. The second kappa shape index (κ2) is 3.88. The summed E-state index contributed by atoms with van der Waals surface area (Å²) in [6.07, 6.45) is 0. The fraction of sp³-hybridized carbons (Fsp3) is 0.222. The van der Waals surface area contributed by atoms with Gasteiger partial charge in [0.1, 0.15) is 0 Å². The molecule has 0 aliphatic heterocycles. The summed E-state index contributed by atoms with van der Waals surface area (Å²) in [5, 5.41) is 2.62. The lowest BCUT2D eigenvalue weighted by Gasteiger charge is -2.06. The van der Waals surface area contributed by atoms with E-state index >= 15 is 0 Å². The van der Waals surface area contributed by atoms with E-state index in [0.717, 1.165) is 0 Å². The van der Waals surface area contributed by atoms with Crippen molar-refractivity contribution in [1.29, 1.82) is 0 Å². The Labute approximate surface area is 71.6 Å². The van der Waals surface area contributed by atoms with Gasteiger partial charge >= 0.3 is 0 Å². The highest BCUT2D eigenvalue weighted by Gasteiger charge is 2.06. The summed E-state index contributed by atoms with van der Waals surface area (Å²) in [5.74, 6) is -0.197. The van der Waals surface area contributed by atoms with Gasteiger partial charge in [-0.15, -0.1) is 0 Å². The molecule has 0 aliphatic rings. The molecule has 0 saturated carbocycles. The lowest BCUT2D eigenvalue weighted by molar-refractivity contribution is -0.117. The maximum absolute atomic E-state index is 11.1. The van der Waals surface area contributed by atoms with Crippen LogP contribution in [0, 0.1) is 6.07 Å². The predicted molar refractivity (Wildman–Crippen MR) is 47.6 cm³/mol. The Bertz CT molecular complexity index is 256. The molecule has 0 bridgehead atoms. The third-order valence-corrected chi connectivity index (χ3v) is 1.38. The van der Waals surface area contributed by atoms with Gasteiger partial charge in [0.15, 0.2) is 0 Å². The number of rotatable bonds is 2. The van der Waals surface area contributed by atoms with E-state index in [4.69, 9.17) is 5.73 Å². The number of carbonyl (C=O) groups excluding carboxylic acids is 1. The lowest BCUT2D eigenvalue weighted by Crippen LogP contribution is -2.32. The van der Waals surface area contributed by atoms with E-state index < -0.39 is 6.04 Å². The first-order chi connectivity index (χ1) is 5.70. The number of carbonyl (C=O) groups is 1. The van der Waals surface area contributed by atoms with Crippen LogP contribution < -0.4 is 11.1 Å². The normalized spacial score (nSPS) is 12.2. The van der Waals surface area contributed by atoms with Gasteiger partial charge in [-0.25, -0.2) is 0 Å². The second-order valence-electron chi connectivity index (χ2n) is 2.55. The minimum Gasteiger partial charge on any atom is -0.324 e. The van der Waals surface area contributed by atoms with Crippen LogP contribution in [0.2, 0.25) is 0 Å². The Hall–Kier alpha value is -1.35. The van der Waals surface area contributed by atoms with Gasteiger partial charge in [-0.05, 0) is 13.0 Å². The summed E-state index contributed by atoms with van der Waals surface area (Å²) in [5.41, 5.74) is 6.01. The van der Waals surface area contributed by atoms with Crippen molar-refractivity contribution in [2.24, 2.45) is 5.73 Å². The molecule has 0 aromatic heterocycles. The maximum Gasteiger partial charge on any atom is 0.241 e. The number of hydrogen-bond donors (Lipinski definition) is 2. The van der Waals surface area contributed by atoms with Crippen molar-refractivity contribution in [2.75, 3.05) is 5.32 Å². The summed E-state index contributed by atoms with van der Waals surface area (Å²) in [6.45, 7) is 1.64. The molecule has 0 heterocycles. The first-order valence-corrected chi connectivity index (χ1v) is 3.73. The van der Waals surface area contributed by atoms with Gasteiger partial charge in [0, 0.05) is 11.8 Å². The molecule has 1 unspecified atom stereocenters. The second-order valence-corrected chi connectivity index (χ2v) is 2.55. The van der Waals surface area contributed by atoms with E-state index in [-0.39, 0.29) is 5.91 Å². The Kier molecular flexibility index (Phi) is 2.82. The first kappa shape index (κ1) is 8.74. The molecule has 1 rings (SSSR count). The largest absolute Gasteiger partial charge is 0.324 e. The summed E-state index contributed by atoms with van der Waals surface area (Å²) in [6, 6.07) is 9.54. The molecular formula is C9H11N2O. The van der Waals surface area contributed by atoms with Gasteiger partial charge in [0.05, 0.1) is 6.04 Å².